The number of ether oxygens (including phenoxy) is 1. The maximum atomic E-state index is 12.2. The Morgan fingerprint density at radius 3 is 3.00 bits per heavy atom. The summed E-state index contributed by atoms with van der Waals surface area (Å²) in [6.45, 7) is 4.30. The number of carbonyl (C=O) groups excluding carboxylic acids is 1. The van der Waals surface area contributed by atoms with E-state index < -0.39 is 0 Å². The third-order valence-corrected chi connectivity index (χ3v) is 4.51. The van der Waals surface area contributed by atoms with Crippen LogP contribution < -0.4 is 5.32 Å². The molecule has 1 amide bonds. The van der Waals surface area contributed by atoms with Crippen molar-refractivity contribution in [1.82, 2.24) is 9.88 Å². The van der Waals surface area contributed by atoms with Crippen LogP contribution >= 0.6 is 11.3 Å². The Bertz CT molecular complexity index is 629. The van der Waals surface area contributed by atoms with Crippen LogP contribution in [0.5, 0.6) is 0 Å². The topological polar surface area (TPSA) is 54.5 Å². The molecule has 0 bridgehead atoms. The molecule has 1 fully saturated rings. The van der Waals surface area contributed by atoms with Gasteiger partial charge in [-0.2, -0.15) is 0 Å². The van der Waals surface area contributed by atoms with Gasteiger partial charge < -0.3 is 10.1 Å². The van der Waals surface area contributed by atoms with Crippen LogP contribution in [0.15, 0.2) is 35.7 Å². The quantitative estimate of drug-likeness (QED) is 0.941. The van der Waals surface area contributed by atoms with Crippen LogP contribution in [0.2, 0.25) is 0 Å². The zero-order valence-corrected chi connectivity index (χ0v) is 13.3. The zero-order valence-electron chi connectivity index (χ0n) is 12.5. The van der Waals surface area contributed by atoms with Crippen molar-refractivity contribution in [2.45, 2.75) is 13.0 Å². The fourth-order valence-corrected chi connectivity index (χ4v) is 3.27. The number of amides is 1. The van der Waals surface area contributed by atoms with Crippen molar-refractivity contribution in [2.24, 2.45) is 0 Å². The smallest absolute Gasteiger partial charge is 0.240 e. The number of thiazole rings is 1. The number of nitrogens with one attached hydrogen (secondary N) is 1. The Kier molecular flexibility index (Phi) is 4.82. The highest BCUT2D eigenvalue weighted by Crippen LogP contribution is 2.24. The van der Waals surface area contributed by atoms with Crippen molar-refractivity contribution in [3.05, 3.63) is 47.0 Å². The number of aromatic nitrogens is 1. The molecule has 2 heterocycles. The van der Waals surface area contributed by atoms with Crippen LogP contribution in [0.3, 0.4) is 0 Å². The fraction of sp³-hybridized carbons (Fsp3) is 0.375. The second-order valence-corrected chi connectivity index (χ2v) is 6.17. The number of rotatable bonds is 4. The molecule has 6 heteroatoms. The fourth-order valence-electron chi connectivity index (χ4n) is 2.56. The first kappa shape index (κ1) is 15.1. The number of morpholine rings is 1. The summed E-state index contributed by atoms with van der Waals surface area (Å²) in [6, 6.07) is 10.3. The van der Waals surface area contributed by atoms with E-state index in [0.717, 1.165) is 12.2 Å². The summed E-state index contributed by atoms with van der Waals surface area (Å²) in [7, 11) is 0. The highest BCUT2D eigenvalue weighted by Gasteiger charge is 2.26. The maximum absolute atomic E-state index is 12.2. The molecule has 0 aliphatic carbocycles. The molecule has 0 spiro atoms. The molecule has 1 atom stereocenters. The lowest BCUT2D eigenvalue weighted by molar-refractivity contribution is -0.119. The van der Waals surface area contributed by atoms with E-state index in [-0.39, 0.29) is 11.9 Å². The van der Waals surface area contributed by atoms with Crippen molar-refractivity contribution in [1.29, 1.82) is 0 Å². The van der Waals surface area contributed by atoms with Crippen LogP contribution in [0.25, 0.3) is 0 Å². The minimum absolute atomic E-state index is 0.0304. The molecule has 2 aromatic rings. The second kappa shape index (κ2) is 7.00. The number of nitrogens with zero attached hydrogens (tertiary/aromatic N) is 2. The standard InChI is InChI=1S/C16H19N3O2S/c1-12-11-22-16(17-12)18-15(20)9-19-7-8-21-10-14(19)13-5-3-2-4-6-13/h2-6,11,14H,7-10H2,1H3,(H,17,18,20). The lowest BCUT2D eigenvalue weighted by atomic mass is 10.1. The van der Waals surface area contributed by atoms with Gasteiger partial charge in [0.15, 0.2) is 5.13 Å². The van der Waals surface area contributed by atoms with E-state index >= 15 is 0 Å². The SMILES string of the molecule is Cc1csc(NC(=O)CN2CCOCC2c2ccccc2)n1. The van der Waals surface area contributed by atoms with Gasteiger partial charge >= 0.3 is 0 Å². The van der Waals surface area contributed by atoms with Crippen LogP contribution in [-0.4, -0.2) is 42.1 Å². The molecule has 1 aliphatic rings. The van der Waals surface area contributed by atoms with Crippen molar-refractivity contribution >= 4 is 22.4 Å². The number of benzene rings is 1. The first-order chi connectivity index (χ1) is 10.7. The molecule has 5 nitrogen and oxygen atoms in total. The molecular weight excluding hydrogens is 298 g/mol. The van der Waals surface area contributed by atoms with Gasteiger partial charge in [0.1, 0.15) is 0 Å². The van der Waals surface area contributed by atoms with Crippen LogP contribution in [0.1, 0.15) is 17.3 Å². The molecule has 1 aromatic heterocycles. The zero-order chi connectivity index (χ0) is 15.4. The van der Waals surface area contributed by atoms with Gasteiger partial charge in [-0.05, 0) is 12.5 Å². The van der Waals surface area contributed by atoms with E-state index in [9.17, 15) is 4.79 Å². The third-order valence-electron chi connectivity index (χ3n) is 3.64. The van der Waals surface area contributed by atoms with Gasteiger partial charge in [0.05, 0.1) is 31.5 Å². The van der Waals surface area contributed by atoms with E-state index in [1.165, 1.54) is 16.9 Å². The Labute approximate surface area is 133 Å². The van der Waals surface area contributed by atoms with Crippen molar-refractivity contribution in [3.63, 3.8) is 0 Å². The van der Waals surface area contributed by atoms with Gasteiger partial charge in [0.2, 0.25) is 5.91 Å². The highest BCUT2D eigenvalue weighted by atomic mass is 32.1. The minimum Gasteiger partial charge on any atom is -0.378 e. The predicted octanol–water partition coefficient (Wildman–Crippen LogP) is 2.46. The lowest BCUT2D eigenvalue weighted by Crippen LogP contribution is -2.43. The molecule has 1 unspecified atom stereocenters. The average molecular weight is 317 g/mol. The molecule has 1 aromatic carbocycles. The molecule has 3 rings (SSSR count). The molecule has 0 saturated carbocycles. The van der Waals surface area contributed by atoms with Crippen LogP contribution in [-0.2, 0) is 9.53 Å². The predicted molar refractivity (Wildman–Crippen MR) is 87.1 cm³/mol. The van der Waals surface area contributed by atoms with Crippen molar-refractivity contribution in [2.75, 3.05) is 31.6 Å². The molecule has 1 N–H and O–H groups in total. The summed E-state index contributed by atoms with van der Waals surface area (Å²) in [5, 5.41) is 5.46. The van der Waals surface area contributed by atoms with E-state index in [1.807, 2.05) is 30.5 Å². The number of hydrogen-bond acceptors (Lipinski definition) is 5. The first-order valence-corrected chi connectivity index (χ1v) is 8.19. The first-order valence-electron chi connectivity index (χ1n) is 7.31. The summed E-state index contributed by atoms with van der Waals surface area (Å²) >= 11 is 1.45. The Morgan fingerprint density at radius 2 is 2.27 bits per heavy atom. The van der Waals surface area contributed by atoms with Gasteiger partial charge in [0, 0.05) is 11.9 Å². The van der Waals surface area contributed by atoms with Crippen molar-refractivity contribution in [3.8, 4) is 0 Å². The maximum Gasteiger partial charge on any atom is 0.240 e. The molecule has 1 saturated heterocycles. The number of carbonyl (C=O) groups is 1. The van der Waals surface area contributed by atoms with Gasteiger partial charge in [0.25, 0.3) is 0 Å². The highest BCUT2D eigenvalue weighted by molar-refractivity contribution is 7.13. The molecule has 1 aliphatic heterocycles. The molecule has 0 radical (unpaired) electrons. The number of aryl methyl sites for hydroxylation is 1. The van der Waals surface area contributed by atoms with Crippen LogP contribution in [0, 0.1) is 6.92 Å². The van der Waals surface area contributed by atoms with Gasteiger partial charge in [-0.25, -0.2) is 4.98 Å². The largest absolute Gasteiger partial charge is 0.378 e. The Hall–Kier alpha value is -1.76. The third kappa shape index (κ3) is 3.71. The molecule has 22 heavy (non-hydrogen) atoms. The van der Waals surface area contributed by atoms with Gasteiger partial charge in [-0.1, -0.05) is 30.3 Å². The Morgan fingerprint density at radius 1 is 1.45 bits per heavy atom. The molecular formula is C16H19N3O2S. The summed E-state index contributed by atoms with van der Waals surface area (Å²) in [5.74, 6) is -0.0304. The average Bonchev–Trinajstić information content (AvgIpc) is 2.93. The molecule has 116 valence electrons. The summed E-state index contributed by atoms with van der Waals surface area (Å²) in [6.07, 6.45) is 0. The number of hydrogen-bond donors (Lipinski definition) is 1. The van der Waals surface area contributed by atoms with Gasteiger partial charge in [-0.3, -0.25) is 9.69 Å². The van der Waals surface area contributed by atoms with E-state index in [4.69, 9.17) is 4.74 Å². The van der Waals surface area contributed by atoms with E-state index in [0.29, 0.717) is 24.9 Å². The van der Waals surface area contributed by atoms with Crippen LogP contribution in [0.4, 0.5) is 5.13 Å². The van der Waals surface area contributed by atoms with E-state index in [1.54, 1.807) is 0 Å². The summed E-state index contributed by atoms with van der Waals surface area (Å²) < 4.78 is 5.59. The number of anilines is 1. The summed E-state index contributed by atoms with van der Waals surface area (Å²) in [4.78, 5) is 18.7. The van der Waals surface area contributed by atoms with E-state index in [2.05, 4.69) is 27.3 Å². The minimum atomic E-state index is -0.0304. The normalized spacial score (nSPS) is 19.0. The van der Waals surface area contributed by atoms with Crippen molar-refractivity contribution < 1.29 is 9.53 Å². The van der Waals surface area contributed by atoms with Gasteiger partial charge in [-0.15, -0.1) is 11.3 Å². The second-order valence-electron chi connectivity index (χ2n) is 5.31. The monoisotopic (exact) mass is 317 g/mol. The lowest BCUT2D eigenvalue weighted by Gasteiger charge is -2.35. The Balaban J connectivity index is 1.65. The summed E-state index contributed by atoms with van der Waals surface area (Å²) in [5.41, 5.74) is 2.11.